The van der Waals surface area contributed by atoms with Crippen molar-refractivity contribution in [2.24, 2.45) is 0 Å². The number of ether oxygens (including phenoxy) is 1. The van der Waals surface area contributed by atoms with Crippen LogP contribution in [0.2, 0.25) is 0 Å². The molecule has 3 aliphatic rings. The summed E-state index contributed by atoms with van der Waals surface area (Å²) in [5, 5.41) is 3.15. The Labute approximate surface area is 160 Å². The largest absolute Gasteiger partial charge is 0.455 e. The summed E-state index contributed by atoms with van der Waals surface area (Å²) in [6, 6.07) is 0. The topological polar surface area (TPSA) is 71.8 Å². The van der Waals surface area contributed by atoms with Crippen molar-refractivity contribution in [2.75, 3.05) is 32.8 Å². The number of hydrogen-bond acceptors (Lipinski definition) is 5. The summed E-state index contributed by atoms with van der Waals surface area (Å²) in [6.45, 7) is 5.85. The molecule has 6 nitrogen and oxygen atoms in total. The van der Waals surface area contributed by atoms with Gasteiger partial charge >= 0.3 is 0 Å². The van der Waals surface area contributed by atoms with Gasteiger partial charge in [-0.1, -0.05) is 19.3 Å². The molecule has 1 aliphatic heterocycles. The average molecular weight is 374 g/mol. The maximum Gasteiger partial charge on any atom is 0.287 e. The van der Waals surface area contributed by atoms with Crippen LogP contribution in [-0.2, 0) is 11.2 Å². The molecule has 1 saturated heterocycles. The third-order valence-corrected chi connectivity index (χ3v) is 6.56. The van der Waals surface area contributed by atoms with Crippen molar-refractivity contribution in [3.63, 3.8) is 0 Å². The number of fused-ring (bicyclic) bond motifs is 1. The highest BCUT2D eigenvalue weighted by Crippen LogP contribution is 2.34. The van der Waals surface area contributed by atoms with Gasteiger partial charge in [0.2, 0.25) is 0 Å². The van der Waals surface area contributed by atoms with Crippen LogP contribution in [0.1, 0.15) is 77.2 Å². The van der Waals surface area contributed by atoms with Gasteiger partial charge in [-0.2, -0.15) is 0 Å². The van der Waals surface area contributed by atoms with Gasteiger partial charge in [0.25, 0.3) is 5.91 Å². The fourth-order valence-electron chi connectivity index (χ4n) is 5.04. The first-order chi connectivity index (χ1) is 13.1. The highest BCUT2D eigenvalue weighted by Gasteiger charge is 2.39. The Hall–Kier alpha value is -1.66. The first-order valence-corrected chi connectivity index (χ1v) is 10.4. The molecule has 0 spiro atoms. The van der Waals surface area contributed by atoms with Crippen molar-refractivity contribution in [1.82, 2.24) is 10.2 Å². The second-order valence-electron chi connectivity index (χ2n) is 8.20. The molecule has 0 radical (unpaired) electrons. The van der Waals surface area contributed by atoms with E-state index in [1.165, 1.54) is 19.3 Å². The molecule has 4 rings (SSSR count). The molecule has 1 saturated carbocycles. The summed E-state index contributed by atoms with van der Waals surface area (Å²) < 4.78 is 11.3. The average Bonchev–Trinajstić information content (AvgIpc) is 3.05. The van der Waals surface area contributed by atoms with Crippen LogP contribution in [0.5, 0.6) is 0 Å². The summed E-state index contributed by atoms with van der Waals surface area (Å²) in [4.78, 5) is 27.6. The lowest BCUT2D eigenvalue weighted by atomic mass is 9.79. The molecule has 2 fully saturated rings. The van der Waals surface area contributed by atoms with Gasteiger partial charge in [0.1, 0.15) is 5.76 Å². The number of nitrogens with zero attached hydrogens (tertiary/aromatic N) is 1. The van der Waals surface area contributed by atoms with Crippen molar-refractivity contribution in [3.8, 4) is 0 Å². The minimum Gasteiger partial charge on any atom is -0.455 e. The smallest absolute Gasteiger partial charge is 0.287 e. The number of carbonyl (C=O) groups excluding carboxylic acids is 2. The standard InChI is InChI=1S/C21H30N2O4/c1-15-18-16(24)6-5-7-17(18)27-19(15)20(25)22-14-21(8-3-2-4-9-21)23-10-12-26-13-11-23/h2-14H2,1H3,(H,22,25). The van der Waals surface area contributed by atoms with Gasteiger partial charge in [-0.15, -0.1) is 0 Å². The quantitative estimate of drug-likeness (QED) is 0.877. The van der Waals surface area contributed by atoms with E-state index in [-0.39, 0.29) is 17.2 Å². The molecular formula is C21H30N2O4. The second kappa shape index (κ2) is 7.76. The molecule has 1 aromatic heterocycles. The van der Waals surface area contributed by atoms with Crippen LogP contribution in [0.4, 0.5) is 0 Å². The molecule has 0 aromatic carbocycles. The zero-order chi connectivity index (χ0) is 18.9. The highest BCUT2D eigenvalue weighted by molar-refractivity contribution is 6.03. The third-order valence-electron chi connectivity index (χ3n) is 6.56. The van der Waals surface area contributed by atoms with Crippen LogP contribution < -0.4 is 5.32 Å². The fourth-order valence-corrected chi connectivity index (χ4v) is 5.04. The van der Waals surface area contributed by atoms with Crippen molar-refractivity contribution >= 4 is 11.7 Å². The lowest BCUT2D eigenvalue weighted by Crippen LogP contribution is -2.59. The van der Waals surface area contributed by atoms with E-state index in [1.807, 2.05) is 6.92 Å². The minimum absolute atomic E-state index is 0.0215. The van der Waals surface area contributed by atoms with E-state index in [2.05, 4.69) is 10.2 Å². The molecule has 1 aromatic rings. The normalized spacial score (nSPS) is 23.1. The van der Waals surface area contributed by atoms with Crippen LogP contribution in [0.15, 0.2) is 4.42 Å². The van der Waals surface area contributed by atoms with Crippen LogP contribution in [0.3, 0.4) is 0 Å². The van der Waals surface area contributed by atoms with E-state index < -0.39 is 0 Å². The first kappa shape index (κ1) is 18.7. The summed E-state index contributed by atoms with van der Waals surface area (Å²) in [6.07, 6.45) is 8.00. The summed E-state index contributed by atoms with van der Waals surface area (Å²) in [7, 11) is 0. The molecule has 0 atom stereocenters. The molecule has 1 amide bonds. The lowest BCUT2D eigenvalue weighted by Gasteiger charge is -2.48. The Morgan fingerprint density at radius 2 is 1.85 bits per heavy atom. The van der Waals surface area contributed by atoms with Crippen LogP contribution in [-0.4, -0.2) is 55.0 Å². The number of nitrogens with one attached hydrogen (secondary N) is 1. The van der Waals surface area contributed by atoms with E-state index in [0.717, 1.165) is 52.0 Å². The lowest BCUT2D eigenvalue weighted by molar-refractivity contribution is -0.0362. The Morgan fingerprint density at radius 1 is 1.11 bits per heavy atom. The minimum atomic E-state index is -0.187. The van der Waals surface area contributed by atoms with Crippen molar-refractivity contribution in [2.45, 2.75) is 63.8 Å². The van der Waals surface area contributed by atoms with Crippen LogP contribution in [0.25, 0.3) is 0 Å². The van der Waals surface area contributed by atoms with Gasteiger partial charge in [-0.3, -0.25) is 14.5 Å². The summed E-state index contributed by atoms with van der Waals surface area (Å²) >= 11 is 0. The molecule has 6 heteroatoms. The fraction of sp³-hybridized carbons (Fsp3) is 0.714. The van der Waals surface area contributed by atoms with Gasteiger partial charge < -0.3 is 14.5 Å². The molecule has 148 valence electrons. The van der Waals surface area contributed by atoms with Gasteiger partial charge in [0.15, 0.2) is 11.5 Å². The molecule has 1 N–H and O–H groups in total. The van der Waals surface area contributed by atoms with Crippen LogP contribution >= 0.6 is 0 Å². The summed E-state index contributed by atoms with van der Waals surface area (Å²) in [5.74, 6) is 0.930. The van der Waals surface area contributed by atoms with Crippen molar-refractivity contribution < 1.29 is 18.7 Å². The number of hydrogen-bond donors (Lipinski definition) is 1. The molecular weight excluding hydrogens is 344 g/mol. The van der Waals surface area contributed by atoms with Crippen LogP contribution in [0, 0.1) is 6.92 Å². The van der Waals surface area contributed by atoms with Gasteiger partial charge in [-0.05, 0) is 26.2 Å². The van der Waals surface area contributed by atoms with E-state index in [4.69, 9.17) is 9.15 Å². The monoisotopic (exact) mass is 374 g/mol. The number of rotatable bonds is 4. The Balaban J connectivity index is 1.49. The van der Waals surface area contributed by atoms with Gasteiger partial charge in [-0.25, -0.2) is 0 Å². The maximum absolute atomic E-state index is 12.9. The molecule has 0 bridgehead atoms. The molecule has 2 aliphatic carbocycles. The predicted molar refractivity (Wildman–Crippen MR) is 101 cm³/mol. The van der Waals surface area contributed by atoms with Gasteiger partial charge in [0, 0.05) is 43.6 Å². The summed E-state index contributed by atoms with van der Waals surface area (Å²) in [5.41, 5.74) is 1.37. The van der Waals surface area contributed by atoms with E-state index in [9.17, 15) is 9.59 Å². The predicted octanol–water partition coefficient (Wildman–Crippen LogP) is 2.87. The van der Waals surface area contributed by atoms with Crippen molar-refractivity contribution in [3.05, 3.63) is 22.6 Å². The van der Waals surface area contributed by atoms with E-state index in [1.54, 1.807) is 0 Å². The zero-order valence-corrected chi connectivity index (χ0v) is 16.3. The Kier molecular flexibility index (Phi) is 5.37. The highest BCUT2D eigenvalue weighted by atomic mass is 16.5. The SMILES string of the molecule is Cc1c(C(=O)NCC2(N3CCOCC3)CCCCC2)oc2c1C(=O)CCC2. The number of ketones is 1. The maximum atomic E-state index is 12.9. The third kappa shape index (κ3) is 3.57. The Morgan fingerprint density at radius 3 is 2.56 bits per heavy atom. The number of Topliss-reactive ketones (excluding diaryl/α,β-unsaturated/α-hetero) is 1. The number of furan rings is 1. The van der Waals surface area contributed by atoms with Gasteiger partial charge in [0.05, 0.1) is 18.8 Å². The zero-order valence-electron chi connectivity index (χ0n) is 16.3. The number of aryl methyl sites for hydroxylation is 1. The number of amides is 1. The van der Waals surface area contributed by atoms with E-state index in [0.29, 0.717) is 35.6 Å². The van der Waals surface area contributed by atoms with E-state index >= 15 is 0 Å². The molecule has 0 unspecified atom stereocenters. The molecule has 27 heavy (non-hydrogen) atoms. The number of morpholine rings is 1. The molecule has 2 heterocycles. The van der Waals surface area contributed by atoms with Crippen molar-refractivity contribution in [1.29, 1.82) is 0 Å². The second-order valence-corrected chi connectivity index (χ2v) is 8.20. The first-order valence-electron chi connectivity index (χ1n) is 10.4. The Bertz CT molecular complexity index is 712. The number of carbonyl (C=O) groups is 2.